The first-order valence-electron chi connectivity index (χ1n) is 12.8. The van der Waals surface area contributed by atoms with Crippen molar-refractivity contribution < 1.29 is 9.13 Å². The number of fused-ring (bicyclic) bond motifs is 4. The van der Waals surface area contributed by atoms with Gasteiger partial charge in [-0.05, 0) is 73.2 Å². The summed E-state index contributed by atoms with van der Waals surface area (Å²) in [5.41, 5.74) is 5.15. The van der Waals surface area contributed by atoms with Crippen LogP contribution in [0.5, 0.6) is 5.75 Å². The van der Waals surface area contributed by atoms with Crippen molar-refractivity contribution >= 4 is 34.6 Å². The summed E-state index contributed by atoms with van der Waals surface area (Å²) in [4.78, 5) is 16.9. The Morgan fingerprint density at radius 3 is 2.40 bits per heavy atom. The molecule has 2 aromatic heterocycles. The molecule has 0 bridgehead atoms. The number of para-hydroxylation sites is 2. The Labute approximate surface area is 230 Å². The highest BCUT2D eigenvalue weighted by Gasteiger charge is 2.41. The van der Waals surface area contributed by atoms with Crippen molar-refractivity contribution in [2.75, 3.05) is 17.3 Å². The first kappa shape index (κ1) is 23.8. The topological polar surface area (TPSA) is 79.9 Å². The molecular formula is C31H24FN7O. The number of benzene rings is 3. The maximum Gasteiger partial charge on any atom is 0.179 e. The second-order valence-electron chi connectivity index (χ2n) is 9.48. The number of hydrogen-bond acceptors (Lipinski definition) is 7. The Hall–Kier alpha value is -5.31. The van der Waals surface area contributed by atoms with E-state index in [1.165, 1.54) is 12.1 Å². The van der Waals surface area contributed by atoms with Gasteiger partial charge in [0.15, 0.2) is 23.3 Å². The first-order chi connectivity index (χ1) is 19.6. The fourth-order valence-corrected chi connectivity index (χ4v) is 5.21. The van der Waals surface area contributed by atoms with Crippen LogP contribution in [0.15, 0.2) is 107 Å². The molecule has 0 radical (unpaired) electrons. The number of hydrogen-bond donors (Lipinski definition) is 1. The van der Waals surface area contributed by atoms with E-state index in [-0.39, 0.29) is 11.9 Å². The van der Waals surface area contributed by atoms with Gasteiger partial charge < -0.3 is 15.0 Å². The molecule has 0 amide bonds. The van der Waals surface area contributed by atoms with Gasteiger partial charge in [0.2, 0.25) is 0 Å². The molecule has 0 spiro atoms. The van der Waals surface area contributed by atoms with Crippen LogP contribution >= 0.6 is 0 Å². The minimum atomic E-state index is -0.343. The minimum absolute atomic E-state index is 0.294. The number of aliphatic imine (C=N–C) groups is 2. The van der Waals surface area contributed by atoms with E-state index in [2.05, 4.69) is 15.2 Å². The molecule has 40 heavy (non-hydrogen) atoms. The van der Waals surface area contributed by atoms with Crippen molar-refractivity contribution in [3.05, 3.63) is 120 Å². The van der Waals surface area contributed by atoms with E-state index >= 15 is 0 Å². The molecule has 3 aromatic carbocycles. The lowest BCUT2D eigenvalue weighted by atomic mass is 9.93. The summed E-state index contributed by atoms with van der Waals surface area (Å²) in [6, 6.07) is 27.5. The van der Waals surface area contributed by atoms with Gasteiger partial charge in [0.1, 0.15) is 11.6 Å². The van der Waals surface area contributed by atoms with Gasteiger partial charge in [-0.1, -0.05) is 30.3 Å². The van der Waals surface area contributed by atoms with Gasteiger partial charge in [-0.2, -0.15) is 9.78 Å². The molecule has 0 fully saturated rings. The summed E-state index contributed by atoms with van der Waals surface area (Å²) >= 11 is 0. The molecular weight excluding hydrogens is 505 g/mol. The fraction of sp³-hybridized carbons (Fsp3) is 0.0968. The van der Waals surface area contributed by atoms with Gasteiger partial charge in [0.25, 0.3) is 0 Å². The van der Waals surface area contributed by atoms with Crippen LogP contribution < -0.4 is 15.0 Å². The molecule has 1 N–H and O–H groups in total. The van der Waals surface area contributed by atoms with E-state index in [1.54, 1.807) is 18.0 Å². The minimum Gasteiger partial charge on any atom is -0.497 e. The SMILES string of the molecule is COc1ccc(NC2=Nc3ccccc3N3C2=Nc2c(c(C)nn2-c2ccccn2)[C@@H]3c2ccc(F)cc2)cc1. The molecule has 1 atom stereocenters. The van der Waals surface area contributed by atoms with Gasteiger partial charge >= 0.3 is 0 Å². The second kappa shape index (κ2) is 9.46. The van der Waals surface area contributed by atoms with Gasteiger partial charge in [-0.15, -0.1) is 0 Å². The molecule has 8 nitrogen and oxygen atoms in total. The maximum atomic E-state index is 14.1. The number of methoxy groups -OCH3 is 1. The van der Waals surface area contributed by atoms with E-state index in [4.69, 9.17) is 19.8 Å². The molecule has 0 saturated carbocycles. The first-order valence-corrected chi connectivity index (χ1v) is 12.8. The average Bonchev–Trinajstić information content (AvgIpc) is 3.33. The van der Waals surface area contributed by atoms with E-state index < -0.39 is 0 Å². The van der Waals surface area contributed by atoms with E-state index in [0.717, 1.165) is 39.6 Å². The van der Waals surface area contributed by atoms with Crippen molar-refractivity contribution in [1.82, 2.24) is 14.8 Å². The standard InChI is InChI=1S/C31H24FN7O/c1-19-27-28(20-10-12-21(32)13-11-20)38-25-8-4-3-7-24(25)35-29(34-22-14-16-23(40-2)17-15-22)31(38)36-30(27)39(37-19)26-9-5-6-18-33-26/h3-18,28H,1-2H3,(H,34,35)/t28-/m0/s1. The van der Waals surface area contributed by atoms with E-state index in [1.807, 2.05) is 85.8 Å². The number of pyridine rings is 1. The Kier molecular flexibility index (Phi) is 5.62. The molecule has 0 unspecified atom stereocenters. The fourth-order valence-electron chi connectivity index (χ4n) is 5.21. The summed E-state index contributed by atoms with van der Waals surface area (Å²) < 4.78 is 21.2. The van der Waals surface area contributed by atoms with Crippen LogP contribution in [-0.4, -0.2) is 33.5 Å². The van der Waals surface area contributed by atoms with Crippen LogP contribution in [0.25, 0.3) is 5.82 Å². The number of nitrogens with zero attached hydrogens (tertiary/aromatic N) is 6. The van der Waals surface area contributed by atoms with E-state index in [9.17, 15) is 4.39 Å². The lowest BCUT2D eigenvalue weighted by Gasteiger charge is -2.40. The molecule has 2 aliphatic heterocycles. The average molecular weight is 530 g/mol. The van der Waals surface area contributed by atoms with Crippen molar-refractivity contribution in [2.45, 2.75) is 13.0 Å². The van der Waals surface area contributed by atoms with Gasteiger partial charge in [-0.25, -0.2) is 19.4 Å². The van der Waals surface area contributed by atoms with Crippen molar-refractivity contribution in [1.29, 1.82) is 0 Å². The molecule has 9 heteroatoms. The number of rotatable bonds is 4. The number of amidine groups is 2. The van der Waals surface area contributed by atoms with Crippen LogP contribution in [0.2, 0.25) is 0 Å². The van der Waals surface area contributed by atoms with Crippen molar-refractivity contribution in [3.8, 4) is 11.6 Å². The molecule has 2 aliphatic rings. The second-order valence-corrected chi connectivity index (χ2v) is 9.48. The number of aryl methyl sites for hydroxylation is 1. The smallest absolute Gasteiger partial charge is 0.179 e. The summed E-state index contributed by atoms with van der Waals surface area (Å²) in [6.45, 7) is 1.97. The van der Waals surface area contributed by atoms with E-state index in [0.29, 0.717) is 23.3 Å². The Morgan fingerprint density at radius 2 is 1.65 bits per heavy atom. The molecule has 5 aromatic rings. The van der Waals surface area contributed by atoms with Crippen LogP contribution in [-0.2, 0) is 0 Å². The lowest BCUT2D eigenvalue weighted by Crippen LogP contribution is -2.46. The zero-order chi connectivity index (χ0) is 27.2. The molecule has 196 valence electrons. The maximum absolute atomic E-state index is 14.1. The van der Waals surface area contributed by atoms with Crippen LogP contribution in [0.3, 0.4) is 0 Å². The number of nitrogens with one attached hydrogen (secondary N) is 1. The normalized spacial score (nSPS) is 15.4. The predicted octanol–water partition coefficient (Wildman–Crippen LogP) is 6.52. The Morgan fingerprint density at radius 1 is 0.875 bits per heavy atom. The largest absolute Gasteiger partial charge is 0.497 e. The monoisotopic (exact) mass is 529 g/mol. The Balaban J connectivity index is 1.47. The van der Waals surface area contributed by atoms with Gasteiger partial charge in [0, 0.05) is 17.4 Å². The molecule has 7 rings (SSSR count). The Bertz CT molecular complexity index is 1780. The van der Waals surface area contributed by atoms with Gasteiger partial charge in [0.05, 0.1) is 30.2 Å². The highest BCUT2D eigenvalue weighted by Crippen LogP contribution is 2.48. The summed E-state index contributed by atoms with van der Waals surface area (Å²) in [5.74, 6) is 2.97. The number of anilines is 2. The molecule has 4 heterocycles. The van der Waals surface area contributed by atoms with Crippen molar-refractivity contribution in [3.63, 3.8) is 0 Å². The zero-order valence-electron chi connectivity index (χ0n) is 21.8. The van der Waals surface area contributed by atoms with Gasteiger partial charge in [-0.3, -0.25) is 0 Å². The lowest BCUT2D eigenvalue weighted by molar-refractivity contribution is 0.415. The zero-order valence-corrected chi connectivity index (χ0v) is 21.8. The molecule has 0 aliphatic carbocycles. The summed E-state index contributed by atoms with van der Waals surface area (Å²) in [6.07, 6.45) is 1.73. The number of aromatic nitrogens is 3. The summed E-state index contributed by atoms with van der Waals surface area (Å²) in [7, 11) is 1.64. The highest BCUT2D eigenvalue weighted by molar-refractivity contribution is 6.51. The predicted molar refractivity (Wildman–Crippen MR) is 154 cm³/mol. The van der Waals surface area contributed by atoms with Crippen LogP contribution in [0.1, 0.15) is 22.9 Å². The third-order valence-electron chi connectivity index (χ3n) is 7.04. The molecule has 0 saturated heterocycles. The highest BCUT2D eigenvalue weighted by atomic mass is 19.1. The third-order valence-corrected chi connectivity index (χ3v) is 7.04. The summed E-state index contributed by atoms with van der Waals surface area (Å²) in [5, 5.41) is 8.34. The number of halogens is 1. The quantitative estimate of drug-likeness (QED) is 0.287. The van der Waals surface area contributed by atoms with Crippen molar-refractivity contribution in [2.24, 2.45) is 9.98 Å². The third kappa shape index (κ3) is 3.90. The van der Waals surface area contributed by atoms with Crippen LogP contribution in [0, 0.1) is 12.7 Å². The van der Waals surface area contributed by atoms with Crippen LogP contribution in [0.4, 0.5) is 27.3 Å². The number of ether oxygens (including phenoxy) is 1.